The number of hydrogen-bond donors (Lipinski definition) is 0. The molecule has 5 nitrogen and oxygen atoms in total. The summed E-state index contributed by atoms with van der Waals surface area (Å²) in [7, 11) is 3.18. The number of rotatable bonds is 3. The number of benzene rings is 2. The van der Waals surface area contributed by atoms with E-state index in [1.165, 1.54) is 0 Å². The van der Waals surface area contributed by atoms with Gasteiger partial charge in [0.05, 0.1) is 25.7 Å². The van der Waals surface area contributed by atoms with E-state index in [1.54, 1.807) is 14.2 Å². The van der Waals surface area contributed by atoms with E-state index in [4.69, 9.17) is 26.4 Å². The van der Waals surface area contributed by atoms with Gasteiger partial charge in [-0.1, -0.05) is 36.5 Å². The molecule has 0 aliphatic carbocycles. The average molecular weight is 352 g/mol. The topological polar surface area (TPSA) is 52.4 Å². The summed E-state index contributed by atoms with van der Waals surface area (Å²) in [4.78, 5) is 9.74. The molecule has 25 heavy (non-hydrogen) atoms. The zero-order valence-corrected chi connectivity index (χ0v) is 14.7. The minimum absolute atomic E-state index is 0.106. The van der Waals surface area contributed by atoms with Crippen molar-refractivity contribution in [1.29, 1.82) is 0 Å². The van der Waals surface area contributed by atoms with E-state index in [9.17, 15) is 0 Å². The summed E-state index contributed by atoms with van der Waals surface area (Å²) in [6, 6.07) is 13.5. The van der Waals surface area contributed by atoms with Crippen LogP contribution < -0.4 is 14.2 Å². The maximum absolute atomic E-state index is 6.00. The maximum atomic E-state index is 6.00. The molecule has 6 heteroatoms. The standard InChI is InChI=1S/C19H16N2O3S/c1-22-15-9-5-7-12(16(15)23-2)17-20-18-13(19(25)21-17)10-11-6-3-4-8-14(11)24-18/h3-9,13H,10H2,1-2H3. The Balaban J connectivity index is 1.78. The third-order valence-electron chi connectivity index (χ3n) is 4.28. The second kappa shape index (κ2) is 6.29. The zero-order valence-electron chi connectivity index (χ0n) is 13.9. The first kappa shape index (κ1) is 15.8. The Morgan fingerprint density at radius 2 is 1.88 bits per heavy atom. The fraction of sp³-hybridized carbons (Fsp3) is 0.211. The van der Waals surface area contributed by atoms with Gasteiger partial charge < -0.3 is 14.2 Å². The first-order valence-corrected chi connectivity index (χ1v) is 8.30. The van der Waals surface area contributed by atoms with Crippen LogP contribution in [0, 0.1) is 5.92 Å². The number of nitrogens with zero attached hydrogens (tertiary/aromatic N) is 2. The van der Waals surface area contributed by atoms with Crippen molar-refractivity contribution in [3.8, 4) is 17.2 Å². The lowest BCUT2D eigenvalue weighted by molar-refractivity contribution is 0.354. The average Bonchev–Trinajstić information content (AvgIpc) is 2.65. The second-order valence-electron chi connectivity index (χ2n) is 5.73. The van der Waals surface area contributed by atoms with Crippen LogP contribution in [-0.2, 0) is 6.42 Å². The molecular weight excluding hydrogens is 336 g/mol. The molecule has 0 spiro atoms. The predicted molar refractivity (Wildman–Crippen MR) is 100 cm³/mol. The van der Waals surface area contributed by atoms with Crippen molar-refractivity contribution >= 4 is 28.9 Å². The third kappa shape index (κ3) is 2.68. The van der Waals surface area contributed by atoms with Gasteiger partial charge in [-0.25, -0.2) is 4.99 Å². The lowest BCUT2D eigenvalue weighted by Gasteiger charge is -2.28. The van der Waals surface area contributed by atoms with E-state index >= 15 is 0 Å². The minimum Gasteiger partial charge on any atom is -0.493 e. The molecule has 2 aromatic rings. The Bertz CT molecular complexity index is 921. The molecule has 2 aliphatic heterocycles. The van der Waals surface area contributed by atoms with Crippen LogP contribution in [0.2, 0.25) is 0 Å². The highest BCUT2D eigenvalue weighted by Gasteiger charge is 2.34. The number of methoxy groups -OCH3 is 2. The van der Waals surface area contributed by atoms with Crippen molar-refractivity contribution in [2.45, 2.75) is 6.42 Å². The molecular formula is C19H16N2O3S. The summed E-state index contributed by atoms with van der Waals surface area (Å²) in [5, 5.41) is 0. The summed E-state index contributed by atoms with van der Waals surface area (Å²) < 4.78 is 16.8. The highest BCUT2D eigenvalue weighted by Crippen LogP contribution is 2.35. The van der Waals surface area contributed by atoms with Crippen molar-refractivity contribution in [2.75, 3.05) is 14.2 Å². The van der Waals surface area contributed by atoms with Gasteiger partial charge in [0.1, 0.15) is 10.7 Å². The highest BCUT2D eigenvalue weighted by atomic mass is 32.1. The Morgan fingerprint density at radius 1 is 1.04 bits per heavy atom. The molecule has 1 atom stereocenters. The van der Waals surface area contributed by atoms with E-state index in [0.29, 0.717) is 28.2 Å². The SMILES string of the molecule is COc1cccc(C2=NC(=S)C3Cc4ccccc4OC3=N2)c1OC. The molecule has 0 saturated carbocycles. The molecule has 0 amide bonds. The predicted octanol–water partition coefficient (Wildman–Crippen LogP) is 3.44. The van der Waals surface area contributed by atoms with Crippen LogP contribution in [0.25, 0.3) is 0 Å². The summed E-state index contributed by atoms with van der Waals surface area (Å²) in [5.41, 5.74) is 1.84. The Hall–Kier alpha value is -2.73. The van der Waals surface area contributed by atoms with Gasteiger partial charge in [-0.3, -0.25) is 0 Å². The van der Waals surface area contributed by atoms with Gasteiger partial charge in [-0.05, 0) is 30.2 Å². The van der Waals surface area contributed by atoms with Crippen LogP contribution in [0.1, 0.15) is 11.1 Å². The third-order valence-corrected chi connectivity index (χ3v) is 4.66. The number of aliphatic imine (C=N–C) groups is 2. The Kier molecular flexibility index (Phi) is 3.97. The normalized spacial score (nSPS) is 18.3. The molecule has 2 heterocycles. The largest absolute Gasteiger partial charge is 0.493 e. The van der Waals surface area contributed by atoms with Crippen molar-refractivity contribution in [1.82, 2.24) is 0 Å². The Labute approximate surface area is 151 Å². The van der Waals surface area contributed by atoms with Crippen LogP contribution in [0.5, 0.6) is 17.2 Å². The molecule has 1 unspecified atom stereocenters. The molecule has 0 bridgehead atoms. The van der Waals surface area contributed by atoms with Gasteiger partial charge >= 0.3 is 0 Å². The van der Waals surface area contributed by atoms with Crippen molar-refractivity contribution in [3.05, 3.63) is 53.6 Å². The zero-order chi connectivity index (χ0) is 17.4. The van der Waals surface area contributed by atoms with Gasteiger partial charge in [-0.15, -0.1) is 0 Å². The smallest absolute Gasteiger partial charge is 0.207 e. The molecule has 0 N–H and O–H groups in total. The molecule has 0 aromatic heterocycles. The number of fused-ring (bicyclic) bond motifs is 2. The van der Waals surface area contributed by atoms with Gasteiger partial charge in [0.15, 0.2) is 17.3 Å². The number of thiocarbonyl (C=S) groups is 1. The fourth-order valence-corrected chi connectivity index (χ4v) is 3.32. The van der Waals surface area contributed by atoms with Crippen LogP contribution >= 0.6 is 12.2 Å². The van der Waals surface area contributed by atoms with E-state index in [-0.39, 0.29) is 5.92 Å². The minimum atomic E-state index is -0.106. The fourth-order valence-electron chi connectivity index (χ4n) is 3.05. The van der Waals surface area contributed by atoms with Crippen LogP contribution in [0.4, 0.5) is 0 Å². The van der Waals surface area contributed by atoms with E-state index in [2.05, 4.69) is 9.98 Å². The molecule has 0 saturated heterocycles. The molecule has 2 aliphatic rings. The van der Waals surface area contributed by atoms with Gasteiger partial charge in [0.2, 0.25) is 5.90 Å². The second-order valence-corrected chi connectivity index (χ2v) is 6.15. The van der Waals surface area contributed by atoms with E-state index < -0.39 is 0 Å². The van der Waals surface area contributed by atoms with E-state index in [1.807, 2.05) is 42.5 Å². The first-order valence-electron chi connectivity index (χ1n) is 7.89. The van der Waals surface area contributed by atoms with Crippen molar-refractivity contribution in [3.63, 3.8) is 0 Å². The number of hydrogen-bond acceptors (Lipinski definition) is 5. The first-order chi connectivity index (χ1) is 12.2. The molecule has 0 radical (unpaired) electrons. The summed E-state index contributed by atoms with van der Waals surface area (Å²) in [5.74, 6) is 2.96. The summed E-state index contributed by atoms with van der Waals surface area (Å²) in [6.45, 7) is 0. The molecule has 126 valence electrons. The summed E-state index contributed by atoms with van der Waals surface area (Å²) >= 11 is 5.53. The quantitative estimate of drug-likeness (QED) is 0.794. The molecule has 0 fully saturated rings. The summed E-state index contributed by atoms with van der Waals surface area (Å²) in [6.07, 6.45) is 0.750. The monoisotopic (exact) mass is 352 g/mol. The lowest BCUT2D eigenvalue weighted by Crippen LogP contribution is -2.36. The maximum Gasteiger partial charge on any atom is 0.207 e. The Morgan fingerprint density at radius 3 is 2.68 bits per heavy atom. The molecule has 2 aromatic carbocycles. The van der Waals surface area contributed by atoms with Gasteiger partial charge in [-0.2, -0.15) is 4.99 Å². The van der Waals surface area contributed by atoms with Crippen LogP contribution in [-0.4, -0.2) is 30.9 Å². The van der Waals surface area contributed by atoms with Gasteiger partial charge in [0, 0.05) is 0 Å². The van der Waals surface area contributed by atoms with Crippen LogP contribution in [0.3, 0.4) is 0 Å². The number of ether oxygens (including phenoxy) is 3. The van der Waals surface area contributed by atoms with E-state index in [0.717, 1.165) is 23.3 Å². The van der Waals surface area contributed by atoms with Crippen LogP contribution in [0.15, 0.2) is 52.4 Å². The number of para-hydroxylation sites is 2. The number of amidine groups is 1. The van der Waals surface area contributed by atoms with Crippen molar-refractivity contribution < 1.29 is 14.2 Å². The van der Waals surface area contributed by atoms with Gasteiger partial charge in [0.25, 0.3) is 0 Å². The lowest BCUT2D eigenvalue weighted by atomic mass is 9.94. The van der Waals surface area contributed by atoms with Crippen molar-refractivity contribution in [2.24, 2.45) is 15.9 Å². The highest BCUT2D eigenvalue weighted by molar-refractivity contribution is 7.80. The molecule has 4 rings (SSSR count).